The van der Waals surface area contributed by atoms with Gasteiger partial charge in [0, 0.05) is 10.9 Å². The molecule has 1 aliphatic rings. The fourth-order valence-electron chi connectivity index (χ4n) is 2.77. The van der Waals surface area contributed by atoms with E-state index in [1.165, 1.54) is 5.56 Å². The van der Waals surface area contributed by atoms with Crippen molar-refractivity contribution >= 4 is 21.7 Å². The zero-order valence-electron chi connectivity index (χ0n) is 11.7. The van der Waals surface area contributed by atoms with E-state index in [0.717, 1.165) is 22.2 Å². The minimum atomic E-state index is 0.0293. The fourth-order valence-corrected chi connectivity index (χ4v) is 3.04. The Morgan fingerprint density at radius 3 is 2.65 bits per heavy atom. The van der Waals surface area contributed by atoms with Crippen LogP contribution in [0.5, 0.6) is 0 Å². The van der Waals surface area contributed by atoms with Crippen LogP contribution in [0.4, 0.5) is 0 Å². The third-order valence-electron chi connectivity index (χ3n) is 3.78. The van der Waals surface area contributed by atoms with Gasteiger partial charge in [0.25, 0.3) is 0 Å². The molecule has 104 valence electrons. The van der Waals surface area contributed by atoms with Gasteiger partial charge >= 0.3 is 0 Å². The van der Waals surface area contributed by atoms with Gasteiger partial charge in [-0.15, -0.1) is 0 Å². The minimum absolute atomic E-state index is 0.0293. The lowest BCUT2D eigenvalue weighted by Gasteiger charge is -2.28. The first-order valence-electron chi connectivity index (χ1n) is 6.77. The predicted molar refractivity (Wildman–Crippen MR) is 81.9 cm³/mol. The maximum absolute atomic E-state index is 12.2. The lowest BCUT2D eigenvalue weighted by atomic mass is 9.76. The van der Waals surface area contributed by atoms with Crippen molar-refractivity contribution in [1.82, 2.24) is 9.78 Å². The van der Waals surface area contributed by atoms with E-state index in [9.17, 15) is 4.79 Å². The number of fused-ring (bicyclic) bond motifs is 1. The van der Waals surface area contributed by atoms with Crippen LogP contribution in [-0.4, -0.2) is 15.6 Å². The van der Waals surface area contributed by atoms with Gasteiger partial charge in [-0.2, -0.15) is 5.10 Å². The molecule has 0 unspecified atom stereocenters. The summed E-state index contributed by atoms with van der Waals surface area (Å²) in [6, 6.07) is 8.21. The first-order valence-corrected chi connectivity index (χ1v) is 7.56. The number of hydrogen-bond acceptors (Lipinski definition) is 2. The van der Waals surface area contributed by atoms with Crippen molar-refractivity contribution in [3.63, 3.8) is 0 Å². The van der Waals surface area contributed by atoms with Gasteiger partial charge < -0.3 is 0 Å². The molecule has 0 N–H and O–H groups in total. The van der Waals surface area contributed by atoms with E-state index in [2.05, 4.69) is 47.0 Å². The number of carbonyl (C=O) groups is 1. The highest BCUT2D eigenvalue weighted by Gasteiger charge is 2.33. The van der Waals surface area contributed by atoms with Crippen molar-refractivity contribution in [2.24, 2.45) is 5.41 Å². The highest BCUT2D eigenvalue weighted by atomic mass is 79.9. The second kappa shape index (κ2) is 4.85. The topological polar surface area (TPSA) is 34.9 Å². The number of rotatable bonds is 2. The van der Waals surface area contributed by atoms with E-state index >= 15 is 0 Å². The average molecular weight is 333 g/mol. The molecule has 0 saturated carbocycles. The fraction of sp³-hybridized carbons (Fsp3) is 0.375. The van der Waals surface area contributed by atoms with Gasteiger partial charge in [0.05, 0.1) is 24.0 Å². The van der Waals surface area contributed by atoms with Gasteiger partial charge in [0.1, 0.15) is 0 Å². The van der Waals surface area contributed by atoms with E-state index in [0.29, 0.717) is 13.0 Å². The molecule has 20 heavy (non-hydrogen) atoms. The van der Waals surface area contributed by atoms with Crippen LogP contribution in [0.15, 0.2) is 34.9 Å². The summed E-state index contributed by atoms with van der Waals surface area (Å²) < 4.78 is 3.04. The molecule has 4 heteroatoms. The Labute approximate surface area is 127 Å². The van der Waals surface area contributed by atoms with E-state index in [4.69, 9.17) is 0 Å². The molecule has 0 bridgehead atoms. The van der Waals surface area contributed by atoms with Crippen molar-refractivity contribution < 1.29 is 4.79 Å². The number of aromatic nitrogens is 2. The number of Topliss-reactive ketones (excluding diaryl/α,β-unsaturated/α-hetero) is 1. The predicted octanol–water partition coefficient (Wildman–Crippen LogP) is 3.85. The average Bonchev–Trinajstić information content (AvgIpc) is 2.74. The minimum Gasteiger partial charge on any atom is -0.294 e. The van der Waals surface area contributed by atoms with E-state index < -0.39 is 0 Å². The summed E-state index contributed by atoms with van der Waals surface area (Å²) in [6.45, 7) is 5.00. The van der Waals surface area contributed by atoms with Gasteiger partial charge in [-0.1, -0.05) is 41.9 Å². The Bertz CT molecular complexity index is 656. The van der Waals surface area contributed by atoms with Crippen LogP contribution in [-0.2, 0) is 13.0 Å². The Hall–Kier alpha value is -1.42. The molecule has 3 rings (SSSR count). The summed E-state index contributed by atoms with van der Waals surface area (Å²) in [7, 11) is 0. The summed E-state index contributed by atoms with van der Waals surface area (Å²) in [5, 5.41) is 4.42. The van der Waals surface area contributed by atoms with Gasteiger partial charge in [-0.3, -0.25) is 9.48 Å². The van der Waals surface area contributed by atoms with Gasteiger partial charge in [0.15, 0.2) is 5.78 Å². The molecule has 1 aromatic heterocycles. The molecule has 0 fully saturated rings. The van der Waals surface area contributed by atoms with Crippen LogP contribution >= 0.6 is 15.9 Å². The Kier molecular flexibility index (Phi) is 3.28. The third kappa shape index (κ3) is 2.57. The molecule has 1 heterocycles. The largest absolute Gasteiger partial charge is 0.294 e. The van der Waals surface area contributed by atoms with Crippen molar-refractivity contribution in [3.8, 4) is 0 Å². The summed E-state index contributed by atoms with van der Waals surface area (Å²) in [5.41, 5.74) is 3.10. The molecule has 0 amide bonds. The number of halogens is 1. The summed E-state index contributed by atoms with van der Waals surface area (Å²) in [6.07, 6.45) is 3.25. The van der Waals surface area contributed by atoms with E-state index in [-0.39, 0.29) is 11.2 Å². The summed E-state index contributed by atoms with van der Waals surface area (Å²) >= 11 is 3.44. The first kappa shape index (κ1) is 13.6. The van der Waals surface area contributed by atoms with Crippen molar-refractivity contribution in [1.29, 1.82) is 0 Å². The standard InChI is InChI=1S/C16H17BrN2O/c1-16(2)7-14-13(15(20)8-16)9-18-19(14)10-11-3-5-12(17)6-4-11/h3-6,9H,7-8,10H2,1-2H3. The molecule has 0 aliphatic heterocycles. The lowest BCUT2D eigenvalue weighted by Crippen LogP contribution is -2.28. The van der Waals surface area contributed by atoms with Crippen LogP contribution in [0.1, 0.15) is 41.9 Å². The number of carbonyl (C=O) groups excluding carboxylic acids is 1. The number of ketones is 1. The number of hydrogen-bond donors (Lipinski definition) is 0. The molecule has 3 nitrogen and oxygen atoms in total. The van der Waals surface area contributed by atoms with E-state index in [1.807, 2.05) is 16.8 Å². The van der Waals surface area contributed by atoms with Crippen molar-refractivity contribution in [2.75, 3.05) is 0 Å². The zero-order valence-corrected chi connectivity index (χ0v) is 13.3. The molecule has 2 aromatic rings. The molecule has 1 aliphatic carbocycles. The quantitative estimate of drug-likeness (QED) is 0.837. The van der Waals surface area contributed by atoms with Crippen molar-refractivity contribution in [2.45, 2.75) is 33.2 Å². The van der Waals surface area contributed by atoms with Gasteiger partial charge in [0.2, 0.25) is 0 Å². The second-order valence-electron chi connectivity index (χ2n) is 6.23. The molecule has 0 atom stereocenters. The highest BCUT2D eigenvalue weighted by molar-refractivity contribution is 9.10. The van der Waals surface area contributed by atoms with Crippen LogP contribution < -0.4 is 0 Å². The van der Waals surface area contributed by atoms with E-state index in [1.54, 1.807) is 6.20 Å². The van der Waals surface area contributed by atoms with Crippen molar-refractivity contribution in [3.05, 3.63) is 51.8 Å². The molecule has 0 saturated heterocycles. The van der Waals surface area contributed by atoms with Crippen LogP contribution in [0.3, 0.4) is 0 Å². The molecule has 0 spiro atoms. The normalized spacial score (nSPS) is 17.1. The smallest absolute Gasteiger partial charge is 0.166 e. The lowest BCUT2D eigenvalue weighted by molar-refractivity contribution is 0.0910. The third-order valence-corrected chi connectivity index (χ3v) is 4.31. The number of benzene rings is 1. The maximum atomic E-state index is 12.2. The maximum Gasteiger partial charge on any atom is 0.166 e. The monoisotopic (exact) mass is 332 g/mol. The SMILES string of the molecule is CC1(C)CC(=O)c2cnn(Cc3ccc(Br)cc3)c2C1. The van der Waals surface area contributed by atoms with Crippen LogP contribution in [0, 0.1) is 5.41 Å². The number of nitrogens with zero attached hydrogens (tertiary/aromatic N) is 2. The van der Waals surface area contributed by atoms with Gasteiger partial charge in [-0.05, 0) is 29.5 Å². The Morgan fingerprint density at radius 2 is 1.95 bits per heavy atom. The molecule has 1 aromatic carbocycles. The Balaban J connectivity index is 1.93. The summed E-state index contributed by atoms with van der Waals surface area (Å²) in [5.74, 6) is 0.221. The van der Waals surface area contributed by atoms with Crippen LogP contribution in [0.25, 0.3) is 0 Å². The zero-order chi connectivity index (χ0) is 14.3. The first-order chi connectivity index (χ1) is 9.44. The second-order valence-corrected chi connectivity index (χ2v) is 7.15. The molecular weight excluding hydrogens is 316 g/mol. The highest BCUT2D eigenvalue weighted by Crippen LogP contribution is 2.34. The van der Waals surface area contributed by atoms with Crippen LogP contribution in [0.2, 0.25) is 0 Å². The molecule has 0 radical (unpaired) electrons. The van der Waals surface area contributed by atoms with Gasteiger partial charge in [-0.25, -0.2) is 0 Å². The Morgan fingerprint density at radius 1 is 1.25 bits per heavy atom. The summed E-state index contributed by atoms with van der Waals surface area (Å²) in [4.78, 5) is 12.2. The molecular formula is C16H17BrN2O.